The van der Waals surface area contributed by atoms with Gasteiger partial charge in [-0.25, -0.2) is 0 Å². The average molecular weight is 711 g/mol. The fraction of sp³-hybridized carbons (Fsp3) is 0.649. The van der Waals surface area contributed by atoms with Crippen LogP contribution in [0.25, 0.3) is 0 Å². The van der Waals surface area contributed by atoms with E-state index in [2.05, 4.69) is 36.8 Å². The Morgan fingerprint density at radius 1 is 0.841 bits per heavy atom. The number of anilines is 1. The number of methoxy groups -OCH3 is 1. The Morgan fingerprint density at radius 3 is 1.86 bits per heavy atom. The summed E-state index contributed by atoms with van der Waals surface area (Å²) in [5.74, 6) is 2.80. The number of piperidine rings is 4. The molecule has 0 aliphatic carbocycles. The Kier molecular flexibility index (Phi) is 10.9. The van der Waals surface area contributed by atoms with Gasteiger partial charge in [-0.2, -0.15) is 0 Å². The minimum absolute atomic E-state index is 0.0174. The molecule has 0 aromatic heterocycles. The number of hydrogen-bond donors (Lipinski definition) is 0. The summed E-state index contributed by atoms with van der Waals surface area (Å²) >= 11 is -2.67. The fourth-order valence-corrected chi connectivity index (χ4v) is 14.7. The third kappa shape index (κ3) is 8.14. The number of carbonyl (C=O) groups is 1. The van der Waals surface area contributed by atoms with Gasteiger partial charge in [-0.05, 0) is 57.0 Å². The molecule has 6 nitrogen and oxygen atoms in total. The summed E-state index contributed by atoms with van der Waals surface area (Å²) in [6, 6.07) is 19.8. The van der Waals surface area contributed by atoms with Crippen LogP contribution in [0.2, 0.25) is 14.8 Å². The summed E-state index contributed by atoms with van der Waals surface area (Å²) in [5.41, 5.74) is 1.42. The van der Waals surface area contributed by atoms with Gasteiger partial charge in [0.25, 0.3) is 0 Å². The summed E-state index contributed by atoms with van der Waals surface area (Å²) in [7, 11) is 1.64. The van der Waals surface area contributed by atoms with Crippen molar-refractivity contribution in [3.8, 4) is 5.75 Å². The zero-order chi connectivity index (χ0) is 31.5. The molecule has 4 saturated heterocycles. The van der Waals surface area contributed by atoms with Crippen LogP contribution in [0.3, 0.4) is 0 Å². The summed E-state index contributed by atoms with van der Waals surface area (Å²) in [6.45, 7) is 11.4. The third-order valence-corrected chi connectivity index (χ3v) is 16.5. The van der Waals surface area contributed by atoms with Crippen molar-refractivity contribution in [2.45, 2.75) is 102 Å². The second-order valence-electron chi connectivity index (χ2n) is 15.6. The van der Waals surface area contributed by atoms with Gasteiger partial charge in [0.1, 0.15) is 0 Å². The van der Waals surface area contributed by atoms with E-state index in [1.165, 1.54) is 64.7 Å². The topological polar surface area (TPSA) is 45.2 Å². The molecule has 2 bridgehead atoms. The SMILES string of the molecule is C1CCN2C[C@@H]3C[C@H](CN4CCCC[C@@H]34)[C@H]2C1.COc1ccc(N(C(=O)OC(C)(C)C)[C@H](c2ccccc2)[Sn]([CH3])([CH3])[CH3])cc1. The van der Waals surface area contributed by atoms with Gasteiger partial charge in [-0.1, -0.05) is 12.8 Å². The average Bonchev–Trinajstić information content (AvgIpc) is 2.99. The molecular weight excluding hydrogens is 653 g/mol. The normalized spacial score (nSPS) is 26.2. The Bertz CT molecular complexity index is 1180. The first-order valence-electron chi connectivity index (χ1n) is 17.1. The van der Waals surface area contributed by atoms with Crippen molar-refractivity contribution in [2.24, 2.45) is 11.8 Å². The first-order chi connectivity index (χ1) is 20.9. The van der Waals surface area contributed by atoms with Crippen LogP contribution in [-0.2, 0) is 4.74 Å². The number of nitrogens with zero attached hydrogens (tertiary/aromatic N) is 3. The van der Waals surface area contributed by atoms with E-state index in [1.807, 2.05) is 68.1 Å². The second kappa shape index (κ2) is 14.3. The maximum absolute atomic E-state index is 13.3. The van der Waals surface area contributed by atoms with Crippen molar-refractivity contribution in [1.29, 1.82) is 0 Å². The maximum atomic E-state index is 13.3. The summed E-state index contributed by atoms with van der Waals surface area (Å²) < 4.78 is 11.1. The van der Waals surface area contributed by atoms with Gasteiger partial charge in [0.2, 0.25) is 0 Å². The van der Waals surface area contributed by atoms with E-state index >= 15 is 0 Å². The van der Waals surface area contributed by atoms with E-state index in [0.717, 1.165) is 40.9 Å². The van der Waals surface area contributed by atoms with E-state index < -0.39 is 24.0 Å². The van der Waals surface area contributed by atoms with Crippen LogP contribution in [0, 0.1) is 11.8 Å². The number of hydrogen-bond acceptors (Lipinski definition) is 5. The molecule has 242 valence electrons. The monoisotopic (exact) mass is 711 g/mol. The molecule has 7 heteroatoms. The molecular formula is C37H57N3O3Sn. The predicted octanol–water partition coefficient (Wildman–Crippen LogP) is 8.40. The van der Waals surface area contributed by atoms with Crippen molar-refractivity contribution < 1.29 is 14.3 Å². The third-order valence-electron chi connectivity index (χ3n) is 10.1. The molecule has 5 atom stereocenters. The van der Waals surface area contributed by atoms with Crippen LogP contribution in [0.4, 0.5) is 10.5 Å². The van der Waals surface area contributed by atoms with E-state index in [1.54, 1.807) is 13.5 Å². The molecule has 1 amide bonds. The molecule has 0 saturated carbocycles. The van der Waals surface area contributed by atoms with Crippen molar-refractivity contribution in [3.63, 3.8) is 0 Å². The molecule has 4 fully saturated rings. The van der Waals surface area contributed by atoms with Gasteiger partial charge in [0, 0.05) is 25.2 Å². The van der Waals surface area contributed by atoms with Crippen LogP contribution < -0.4 is 9.64 Å². The first kappa shape index (κ1) is 33.6. The molecule has 2 aromatic carbocycles. The number of carbonyl (C=O) groups excluding carboxylic acids is 1. The van der Waals surface area contributed by atoms with Crippen LogP contribution in [-0.4, -0.2) is 85.2 Å². The molecule has 4 aliphatic heterocycles. The van der Waals surface area contributed by atoms with E-state index in [4.69, 9.17) is 9.47 Å². The van der Waals surface area contributed by atoms with Gasteiger partial charge in [-0.15, -0.1) is 0 Å². The van der Waals surface area contributed by atoms with Crippen molar-refractivity contribution >= 4 is 30.2 Å². The fourth-order valence-electron chi connectivity index (χ4n) is 8.34. The summed E-state index contributed by atoms with van der Waals surface area (Å²) in [6.07, 6.45) is 10.1. The molecule has 44 heavy (non-hydrogen) atoms. The van der Waals surface area contributed by atoms with E-state index in [9.17, 15) is 4.79 Å². The zero-order valence-corrected chi connectivity index (χ0v) is 31.3. The molecule has 0 N–H and O–H groups in total. The minimum atomic E-state index is -2.67. The molecule has 4 aliphatic rings. The Morgan fingerprint density at radius 2 is 1.39 bits per heavy atom. The van der Waals surface area contributed by atoms with Crippen LogP contribution in [0.5, 0.6) is 5.75 Å². The Labute approximate surface area is 271 Å². The number of fused-ring (bicyclic) bond motifs is 6. The zero-order valence-electron chi connectivity index (χ0n) is 28.4. The number of benzene rings is 2. The molecule has 0 unspecified atom stereocenters. The van der Waals surface area contributed by atoms with Gasteiger partial charge < -0.3 is 0 Å². The second-order valence-corrected chi connectivity index (χ2v) is 30.7. The summed E-state index contributed by atoms with van der Waals surface area (Å²) in [4.78, 5) is 27.9. The van der Waals surface area contributed by atoms with Gasteiger partial charge in [-0.3, -0.25) is 9.80 Å². The number of ether oxygens (including phenoxy) is 2. The standard InChI is InChI=1S/C19H22NO3.C15H26N2.3CH3.Sn/c1-19(2,3)23-18(21)20(14-15-8-6-5-7-9-15)16-10-12-17(22-4)13-11-16;1-3-7-16-11-13-9-12(14(16)5-1)10-17-8-4-2-6-15(13)17;;;;/h5-14H,1-4H3;12-15H,1-11H2;3*1H3;/t;12-,13+,14-,15+;;;;. The summed E-state index contributed by atoms with van der Waals surface area (Å²) in [5, 5.41) is 0. The molecule has 2 aromatic rings. The molecule has 0 radical (unpaired) electrons. The van der Waals surface area contributed by atoms with Crippen LogP contribution >= 0.6 is 0 Å². The van der Waals surface area contributed by atoms with Crippen LogP contribution in [0.15, 0.2) is 54.6 Å². The van der Waals surface area contributed by atoms with Crippen molar-refractivity contribution in [1.82, 2.24) is 9.80 Å². The van der Waals surface area contributed by atoms with Gasteiger partial charge in [0.15, 0.2) is 0 Å². The van der Waals surface area contributed by atoms with Gasteiger partial charge >= 0.3 is 168 Å². The van der Waals surface area contributed by atoms with E-state index in [0.29, 0.717) is 0 Å². The molecule has 0 spiro atoms. The van der Waals surface area contributed by atoms with E-state index in [-0.39, 0.29) is 10.2 Å². The Hall–Kier alpha value is -1.77. The Balaban J connectivity index is 0.000000191. The quantitative estimate of drug-likeness (QED) is 0.292. The first-order valence-corrected chi connectivity index (χ1v) is 27.3. The number of amides is 1. The van der Waals surface area contributed by atoms with Crippen LogP contribution in [0.1, 0.15) is 75.3 Å². The number of rotatable bonds is 5. The van der Waals surface area contributed by atoms with Crippen molar-refractivity contribution in [3.05, 3.63) is 60.2 Å². The predicted molar refractivity (Wildman–Crippen MR) is 184 cm³/mol. The van der Waals surface area contributed by atoms with Crippen molar-refractivity contribution in [2.75, 3.05) is 38.2 Å². The molecule has 4 heterocycles. The van der Waals surface area contributed by atoms with Gasteiger partial charge in [0.05, 0.1) is 0 Å². The molecule has 6 rings (SSSR count).